The molecule has 2 aromatic carbocycles. The number of halogens is 3. The summed E-state index contributed by atoms with van der Waals surface area (Å²) in [5.41, 5.74) is 2.80. The van der Waals surface area contributed by atoms with E-state index in [0.717, 1.165) is 21.8 Å². The average molecular weight is 315 g/mol. The first-order valence-electron chi connectivity index (χ1n) is 5.95. The minimum atomic E-state index is 0.0463. The van der Waals surface area contributed by atoms with Gasteiger partial charge in [-0.1, -0.05) is 53.0 Å². The third-order valence-corrected chi connectivity index (χ3v) is 4.06. The molecule has 2 aromatic rings. The molecule has 1 atom stereocenters. The fourth-order valence-corrected chi connectivity index (χ4v) is 2.63. The van der Waals surface area contributed by atoms with Gasteiger partial charge < -0.3 is 5.32 Å². The van der Waals surface area contributed by atoms with Crippen LogP contribution in [-0.4, -0.2) is 0 Å². The van der Waals surface area contributed by atoms with Crippen LogP contribution < -0.4 is 5.32 Å². The van der Waals surface area contributed by atoms with Crippen molar-refractivity contribution < 1.29 is 0 Å². The van der Waals surface area contributed by atoms with Gasteiger partial charge in [-0.25, -0.2) is 0 Å². The van der Waals surface area contributed by atoms with Crippen LogP contribution in [0.25, 0.3) is 0 Å². The molecule has 0 spiro atoms. The molecule has 0 aliphatic heterocycles. The Morgan fingerprint density at radius 3 is 2.32 bits per heavy atom. The molecule has 1 N–H and O–H groups in total. The first kappa shape index (κ1) is 14.5. The quantitative estimate of drug-likeness (QED) is 0.718. The molecule has 19 heavy (non-hydrogen) atoms. The Hall–Kier alpha value is -0.890. The van der Waals surface area contributed by atoms with Gasteiger partial charge in [0, 0.05) is 10.0 Å². The summed E-state index contributed by atoms with van der Waals surface area (Å²) in [5, 5.41) is 5.41. The van der Waals surface area contributed by atoms with E-state index in [-0.39, 0.29) is 6.04 Å². The minimum absolute atomic E-state index is 0.0463. The van der Waals surface area contributed by atoms with E-state index in [0.29, 0.717) is 10.0 Å². The molecule has 1 nitrogen and oxygen atoms in total. The Morgan fingerprint density at radius 2 is 1.63 bits per heavy atom. The zero-order valence-electron chi connectivity index (χ0n) is 10.7. The van der Waals surface area contributed by atoms with Crippen molar-refractivity contribution in [2.75, 3.05) is 5.32 Å². The van der Waals surface area contributed by atoms with Gasteiger partial charge in [-0.05, 0) is 43.2 Å². The molecule has 1 unspecified atom stereocenters. The molecule has 2 rings (SSSR count). The van der Waals surface area contributed by atoms with Gasteiger partial charge >= 0.3 is 0 Å². The second kappa shape index (κ2) is 6.04. The standard InChI is InChI=1S/C15H14Cl3N/c1-9-7-14(18)15(8-13(9)17)19-10(2)11-5-3-4-6-12(11)16/h3-8,10,19H,1-2H3. The van der Waals surface area contributed by atoms with Crippen molar-refractivity contribution in [1.82, 2.24) is 0 Å². The number of hydrogen-bond donors (Lipinski definition) is 1. The lowest BCUT2D eigenvalue weighted by Crippen LogP contribution is -2.07. The summed E-state index contributed by atoms with van der Waals surface area (Å²) in [6.07, 6.45) is 0. The van der Waals surface area contributed by atoms with Gasteiger partial charge in [-0.2, -0.15) is 0 Å². The summed E-state index contributed by atoms with van der Waals surface area (Å²) in [7, 11) is 0. The Kier molecular flexibility index (Phi) is 4.62. The number of hydrogen-bond acceptors (Lipinski definition) is 1. The monoisotopic (exact) mass is 313 g/mol. The molecule has 0 heterocycles. The van der Waals surface area contributed by atoms with Gasteiger partial charge in [-0.15, -0.1) is 0 Å². The van der Waals surface area contributed by atoms with Crippen molar-refractivity contribution in [3.63, 3.8) is 0 Å². The van der Waals surface area contributed by atoms with Crippen molar-refractivity contribution in [3.8, 4) is 0 Å². The summed E-state index contributed by atoms with van der Waals surface area (Å²) in [5.74, 6) is 0. The molecular weight excluding hydrogens is 301 g/mol. The maximum atomic E-state index is 6.22. The van der Waals surface area contributed by atoms with Crippen molar-refractivity contribution in [2.45, 2.75) is 19.9 Å². The summed E-state index contributed by atoms with van der Waals surface area (Å²) in [4.78, 5) is 0. The van der Waals surface area contributed by atoms with E-state index in [2.05, 4.69) is 5.32 Å². The van der Waals surface area contributed by atoms with Crippen LogP contribution in [-0.2, 0) is 0 Å². The Labute approximate surface area is 128 Å². The van der Waals surface area contributed by atoms with Crippen LogP contribution in [0.1, 0.15) is 24.1 Å². The molecule has 100 valence electrons. The van der Waals surface area contributed by atoms with E-state index in [9.17, 15) is 0 Å². The largest absolute Gasteiger partial charge is 0.377 e. The molecule has 0 aliphatic rings. The van der Waals surface area contributed by atoms with Crippen LogP contribution in [0.2, 0.25) is 15.1 Å². The van der Waals surface area contributed by atoms with Crippen LogP contribution in [0.5, 0.6) is 0 Å². The number of nitrogens with one attached hydrogen (secondary N) is 1. The fourth-order valence-electron chi connectivity index (χ4n) is 1.89. The highest BCUT2D eigenvalue weighted by Crippen LogP contribution is 2.32. The van der Waals surface area contributed by atoms with Crippen molar-refractivity contribution in [2.24, 2.45) is 0 Å². The number of benzene rings is 2. The molecule has 0 aromatic heterocycles. The Balaban J connectivity index is 2.27. The highest BCUT2D eigenvalue weighted by atomic mass is 35.5. The van der Waals surface area contributed by atoms with E-state index >= 15 is 0 Å². The lowest BCUT2D eigenvalue weighted by molar-refractivity contribution is 0.885. The molecule has 4 heteroatoms. The molecule has 0 saturated carbocycles. The zero-order chi connectivity index (χ0) is 14.0. The average Bonchev–Trinajstić information content (AvgIpc) is 2.36. The Morgan fingerprint density at radius 1 is 0.947 bits per heavy atom. The number of aryl methyl sites for hydroxylation is 1. The number of rotatable bonds is 3. The van der Waals surface area contributed by atoms with Crippen molar-refractivity contribution in [3.05, 3.63) is 62.6 Å². The van der Waals surface area contributed by atoms with E-state index < -0.39 is 0 Å². The second-order valence-corrected chi connectivity index (χ2v) is 5.69. The van der Waals surface area contributed by atoms with Gasteiger partial charge in [0.1, 0.15) is 0 Å². The molecule has 0 radical (unpaired) electrons. The van der Waals surface area contributed by atoms with Crippen LogP contribution in [0, 0.1) is 6.92 Å². The number of anilines is 1. The molecule has 0 aliphatic carbocycles. The summed E-state index contributed by atoms with van der Waals surface area (Å²) in [6, 6.07) is 11.5. The second-order valence-electron chi connectivity index (χ2n) is 4.47. The van der Waals surface area contributed by atoms with Gasteiger partial charge in [-0.3, -0.25) is 0 Å². The first-order chi connectivity index (χ1) is 8.99. The van der Waals surface area contributed by atoms with Gasteiger partial charge in [0.2, 0.25) is 0 Å². The zero-order valence-corrected chi connectivity index (χ0v) is 12.9. The highest BCUT2D eigenvalue weighted by Gasteiger charge is 2.11. The van der Waals surface area contributed by atoms with Crippen molar-refractivity contribution >= 4 is 40.5 Å². The van der Waals surface area contributed by atoms with Gasteiger partial charge in [0.15, 0.2) is 0 Å². The lowest BCUT2D eigenvalue weighted by atomic mass is 10.1. The first-order valence-corrected chi connectivity index (χ1v) is 7.09. The van der Waals surface area contributed by atoms with E-state index in [4.69, 9.17) is 34.8 Å². The van der Waals surface area contributed by atoms with Crippen LogP contribution in [0.4, 0.5) is 5.69 Å². The third kappa shape index (κ3) is 3.36. The van der Waals surface area contributed by atoms with Gasteiger partial charge in [0.05, 0.1) is 16.8 Å². The predicted molar refractivity (Wildman–Crippen MR) is 84.7 cm³/mol. The topological polar surface area (TPSA) is 12.0 Å². The minimum Gasteiger partial charge on any atom is -0.377 e. The van der Waals surface area contributed by atoms with E-state index in [1.807, 2.05) is 50.2 Å². The third-order valence-electron chi connectivity index (χ3n) is 2.99. The molecule has 0 amide bonds. The lowest BCUT2D eigenvalue weighted by Gasteiger charge is -2.18. The van der Waals surface area contributed by atoms with Crippen LogP contribution >= 0.6 is 34.8 Å². The smallest absolute Gasteiger partial charge is 0.0641 e. The SMILES string of the molecule is Cc1cc(Cl)c(NC(C)c2ccccc2Cl)cc1Cl. The highest BCUT2D eigenvalue weighted by molar-refractivity contribution is 6.35. The van der Waals surface area contributed by atoms with Crippen LogP contribution in [0.15, 0.2) is 36.4 Å². The summed E-state index contributed by atoms with van der Waals surface area (Å²) >= 11 is 18.5. The predicted octanol–water partition coefficient (Wildman–Crippen LogP) is 6.13. The van der Waals surface area contributed by atoms with E-state index in [1.165, 1.54) is 0 Å². The van der Waals surface area contributed by atoms with Gasteiger partial charge in [0.25, 0.3) is 0 Å². The maximum Gasteiger partial charge on any atom is 0.0641 e. The molecule has 0 fully saturated rings. The Bertz CT molecular complexity index is 596. The summed E-state index contributed by atoms with van der Waals surface area (Å²) in [6.45, 7) is 3.96. The molecule has 0 saturated heterocycles. The molecule has 0 bridgehead atoms. The fraction of sp³-hybridized carbons (Fsp3) is 0.200. The molecular formula is C15H14Cl3N. The van der Waals surface area contributed by atoms with E-state index in [1.54, 1.807) is 0 Å². The summed E-state index contributed by atoms with van der Waals surface area (Å²) < 4.78 is 0. The normalized spacial score (nSPS) is 12.3. The van der Waals surface area contributed by atoms with Crippen LogP contribution in [0.3, 0.4) is 0 Å². The van der Waals surface area contributed by atoms with Crippen molar-refractivity contribution in [1.29, 1.82) is 0 Å². The maximum absolute atomic E-state index is 6.22.